The first-order valence-electron chi connectivity index (χ1n) is 10.3. The molecule has 2 N–H and O–H groups in total. The molecule has 168 valence electrons. The minimum atomic E-state index is -0.769. The van der Waals surface area contributed by atoms with E-state index in [1.807, 2.05) is 0 Å². The molecule has 0 aliphatic heterocycles. The summed E-state index contributed by atoms with van der Waals surface area (Å²) in [6.45, 7) is 2.18. The number of hydrogen-bond donors (Lipinski definition) is 1. The predicted molar refractivity (Wildman–Crippen MR) is 118 cm³/mol. The molecule has 0 atom stereocenters. The molecule has 0 aliphatic carbocycles. The Bertz CT molecular complexity index is 1340. The van der Waals surface area contributed by atoms with Crippen molar-refractivity contribution in [3.63, 3.8) is 0 Å². The monoisotopic (exact) mass is 448 g/mol. The Morgan fingerprint density at radius 2 is 1.94 bits per heavy atom. The molecular formula is C24H21FN4O4. The van der Waals surface area contributed by atoms with Crippen molar-refractivity contribution >= 4 is 17.5 Å². The van der Waals surface area contributed by atoms with Gasteiger partial charge >= 0.3 is 11.9 Å². The highest BCUT2D eigenvalue weighted by Crippen LogP contribution is 2.24. The number of benzene rings is 2. The second-order valence-electron chi connectivity index (χ2n) is 7.12. The van der Waals surface area contributed by atoms with Crippen LogP contribution < -0.4 is 10.5 Å². The van der Waals surface area contributed by atoms with Gasteiger partial charge in [-0.3, -0.25) is 4.79 Å². The van der Waals surface area contributed by atoms with Crippen LogP contribution in [-0.2, 0) is 22.5 Å². The molecule has 0 aliphatic rings. The summed E-state index contributed by atoms with van der Waals surface area (Å²) < 4.78 is 26.5. The summed E-state index contributed by atoms with van der Waals surface area (Å²) in [5, 5.41) is 4.32. The van der Waals surface area contributed by atoms with Crippen LogP contribution in [0.4, 0.5) is 4.39 Å². The van der Waals surface area contributed by atoms with Crippen LogP contribution in [0.2, 0.25) is 0 Å². The number of aromatic nitrogens is 3. The molecule has 0 saturated heterocycles. The first-order valence-corrected chi connectivity index (χ1v) is 10.3. The fraction of sp³-hybridized carbons (Fsp3) is 0.167. The molecule has 9 heteroatoms. The summed E-state index contributed by atoms with van der Waals surface area (Å²) in [4.78, 5) is 29.4. The molecule has 33 heavy (non-hydrogen) atoms. The highest BCUT2D eigenvalue weighted by molar-refractivity contribution is 5.96. The summed E-state index contributed by atoms with van der Waals surface area (Å²) in [6.07, 6.45) is 1.57. The van der Waals surface area contributed by atoms with E-state index in [4.69, 9.17) is 15.2 Å². The lowest BCUT2D eigenvalue weighted by Crippen LogP contribution is -2.16. The lowest BCUT2D eigenvalue weighted by atomic mass is 10.1. The fourth-order valence-corrected chi connectivity index (χ4v) is 3.33. The Balaban J connectivity index is 1.72. The molecular weight excluding hydrogens is 427 g/mol. The molecule has 0 fully saturated rings. The maximum Gasteiger partial charge on any atom is 0.364 e. The largest absolute Gasteiger partial charge is 0.466 e. The van der Waals surface area contributed by atoms with E-state index in [1.54, 1.807) is 61.7 Å². The number of ether oxygens (including phenoxy) is 2. The zero-order valence-corrected chi connectivity index (χ0v) is 17.8. The van der Waals surface area contributed by atoms with Crippen LogP contribution in [0.15, 0.2) is 60.8 Å². The number of nitrogens with two attached hydrogens (primary N) is 1. The third-order valence-electron chi connectivity index (χ3n) is 4.91. The van der Waals surface area contributed by atoms with Gasteiger partial charge in [0.25, 0.3) is 0 Å². The molecule has 8 nitrogen and oxygen atoms in total. The molecule has 2 aromatic carbocycles. The lowest BCUT2D eigenvalue weighted by Gasteiger charge is -2.11. The third-order valence-corrected chi connectivity index (χ3v) is 4.91. The van der Waals surface area contributed by atoms with E-state index >= 15 is 0 Å². The normalized spacial score (nSPS) is 10.9. The van der Waals surface area contributed by atoms with Crippen molar-refractivity contribution in [3.05, 3.63) is 83.4 Å². The highest BCUT2D eigenvalue weighted by atomic mass is 19.1. The average Bonchev–Trinajstić information content (AvgIpc) is 3.29. The maximum absolute atomic E-state index is 14.5. The lowest BCUT2D eigenvalue weighted by molar-refractivity contribution is -0.142. The van der Waals surface area contributed by atoms with Crippen LogP contribution in [0.25, 0.3) is 16.9 Å². The number of para-hydroxylation sites is 1. The van der Waals surface area contributed by atoms with Crippen molar-refractivity contribution in [1.82, 2.24) is 14.6 Å². The van der Waals surface area contributed by atoms with Gasteiger partial charge in [0.1, 0.15) is 11.6 Å². The topological polar surface area (TPSA) is 109 Å². The summed E-state index contributed by atoms with van der Waals surface area (Å²) in [5.41, 5.74) is 7.32. The van der Waals surface area contributed by atoms with Crippen LogP contribution >= 0.6 is 0 Å². The standard InChI is InChI=1S/C24H21FN4O4/c1-2-32-21(30)13-16-6-3-4-8-20(16)33-24(31)22-19-7-5-11-29(19)28-23(27-22)17-12-15(14-26)9-10-18(17)25/h3-12H,2,13-14,26H2,1H3. The molecule has 0 unspecified atom stereocenters. The first kappa shape index (κ1) is 22.1. The van der Waals surface area contributed by atoms with Gasteiger partial charge in [0.05, 0.1) is 24.1 Å². The zero-order valence-electron chi connectivity index (χ0n) is 17.8. The number of carbonyl (C=O) groups excluding carboxylic acids is 2. The average molecular weight is 448 g/mol. The van der Waals surface area contributed by atoms with Gasteiger partial charge in [-0.15, -0.1) is 5.10 Å². The Kier molecular flexibility index (Phi) is 6.41. The Morgan fingerprint density at radius 3 is 2.73 bits per heavy atom. The van der Waals surface area contributed by atoms with Crippen molar-refractivity contribution in [3.8, 4) is 17.1 Å². The Hall–Kier alpha value is -4.11. The van der Waals surface area contributed by atoms with E-state index in [1.165, 1.54) is 10.6 Å². The molecule has 0 bridgehead atoms. The number of halogens is 1. The zero-order chi connectivity index (χ0) is 23.4. The molecule has 2 aromatic heterocycles. The number of rotatable bonds is 7. The second kappa shape index (κ2) is 9.58. The summed E-state index contributed by atoms with van der Waals surface area (Å²) in [6, 6.07) is 14.4. The molecule has 0 spiro atoms. The Labute approximate surface area is 188 Å². The first-order chi connectivity index (χ1) is 16.0. The summed E-state index contributed by atoms with van der Waals surface area (Å²) >= 11 is 0. The minimum Gasteiger partial charge on any atom is -0.466 e. The summed E-state index contributed by atoms with van der Waals surface area (Å²) in [7, 11) is 0. The molecule has 2 heterocycles. The van der Waals surface area contributed by atoms with Gasteiger partial charge in [0.2, 0.25) is 0 Å². The quantitative estimate of drug-likeness (QED) is 0.341. The van der Waals surface area contributed by atoms with Gasteiger partial charge in [-0.2, -0.15) is 0 Å². The highest BCUT2D eigenvalue weighted by Gasteiger charge is 2.21. The number of esters is 2. The third kappa shape index (κ3) is 4.73. The number of fused-ring (bicyclic) bond motifs is 1. The fourth-order valence-electron chi connectivity index (χ4n) is 3.33. The number of carbonyl (C=O) groups is 2. The minimum absolute atomic E-state index is 0.0123. The van der Waals surface area contributed by atoms with E-state index in [0.29, 0.717) is 16.6 Å². The number of hydrogen-bond acceptors (Lipinski definition) is 7. The Morgan fingerprint density at radius 1 is 1.12 bits per heavy atom. The molecule has 4 rings (SSSR count). The van der Waals surface area contributed by atoms with Crippen LogP contribution in [-0.4, -0.2) is 33.1 Å². The van der Waals surface area contributed by atoms with Crippen molar-refractivity contribution in [1.29, 1.82) is 0 Å². The molecule has 0 amide bonds. The maximum atomic E-state index is 14.5. The molecule has 0 radical (unpaired) electrons. The van der Waals surface area contributed by atoms with Crippen molar-refractivity contribution in [2.45, 2.75) is 19.9 Å². The van der Waals surface area contributed by atoms with Gasteiger partial charge in [-0.1, -0.05) is 24.3 Å². The van der Waals surface area contributed by atoms with Crippen molar-refractivity contribution < 1.29 is 23.5 Å². The number of nitrogens with zero attached hydrogens (tertiary/aromatic N) is 3. The van der Waals surface area contributed by atoms with Crippen molar-refractivity contribution in [2.24, 2.45) is 5.73 Å². The van der Waals surface area contributed by atoms with Gasteiger partial charge in [0.15, 0.2) is 11.5 Å². The van der Waals surface area contributed by atoms with Crippen LogP contribution in [0, 0.1) is 5.82 Å². The van der Waals surface area contributed by atoms with Crippen LogP contribution in [0.3, 0.4) is 0 Å². The predicted octanol–water partition coefficient (Wildman–Crippen LogP) is 3.32. The van der Waals surface area contributed by atoms with Crippen LogP contribution in [0.5, 0.6) is 5.75 Å². The van der Waals surface area contributed by atoms with Gasteiger partial charge in [-0.25, -0.2) is 18.7 Å². The second-order valence-corrected chi connectivity index (χ2v) is 7.12. The summed E-state index contributed by atoms with van der Waals surface area (Å²) in [5.74, 6) is -1.53. The molecule has 4 aromatic rings. The smallest absolute Gasteiger partial charge is 0.364 e. The molecule has 0 saturated carbocycles. The van der Waals surface area contributed by atoms with E-state index < -0.39 is 17.8 Å². The van der Waals surface area contributed by atoms with E-state index in [9.17, 15) is 14.0 Å². The van der Waals surface area contributed by atoms with Crippen LogP contribution in [0.1, 0.15) is 28.5 Å². The van der Waals surface area contributed by atoms with Gasteiger partial charge < -0.3 is 15.2 Å². The van der Waals surface area contributed by atoms with Crippen molar-refractivity contribution in [2.75, 3.05) is 6.61 Å². The SMILES string of the molecule is CCOC(=O)Cc1ccccc1OC(=O)c1nc(-c2cc(CN)ccc2F)nn2cccc12. The van der Waals surface area contributed by atoms with Gasteiger partial charge in [0, 0.05) is 18.3 Å². The van der Waals surface area contributed by atoms with E-state index in [-0.39, 0.29) is 42.4 Å². The van der Waals surface area contributed by atoms with E-state index in [0.717, 1.165) is 0 Å². The van der Waals surface area contributed by atoms with Gasteiger partial charge in [-0.05, 0) is 42.8 Å². The van der Waals surface area contributed by atoms with E-state index in [2.05, 4.69) is 10.1 Å².